The second kappa shape index (κ2) is 10.1. The van der Waals surface area contributed by atoms with Gasteiger partial charge in [-0.2, -0.15) is 0 Å². The number of methoxy groups -OCH3 is 1. The van der Waals surface area contributed by atoms with Crippen molar-refractivity contribution in [3.8, 4) is 5.75 Å². The summed E-state index contributed by atoms with van der Waals surface area (Å²) in [5, 5.41) is 2.78. The van der Waals surface area contributed by atoms with Gasteiger partial charge in [-0.25, -0.2) is 4.79 Å². The maximum atomic E-state index is 12.1. The van der Waals surface area contributed by atoms with Crippen LogP contribution in [0.15, 0.2) is 73.1 Å². The highest BCUT2D eigenvalue weighted by Crippen LogP contribution is 2.32. The minimum Gasteiger partial charge on any atom is -0.497 e. The lowest BCUT2D eigenvalue weighted by molar-refractivity contribution is 0.155. The van der Waals surface area contributed by atoms with Crippen molar-refractivity contribution in [3.63, 3.8) is 0 Å². The highest BCUT2D eigenvalue weighted by Gasteiger charge is 2.25. The van der Waals surface area contributed by atoms with Gasteiger partial charge >= 0.3 is 6.09 Å². The van der Waals surface area contributed by atoms with Crippen LogP contribution in [0.25, 0.3) is 0 Å². The summed E-state index contributed by atoms with van der Waals surface area (Å²) < 4.78 is 10.4. The first kappa shape index (κ1) is 20.9. The number of nitrogens with zero attached hydrogens (tertiary/aromatic N) is 2. The second-order valence-electron chi connectivity index (χ2n) is 7.66. The number of pyridine rings is 1. The number of nitrogens with one attached hydrogen (secondary N) is 1. The van der Waals surface area contributed by atoms with Gasteiger partial charge in [0.1, 0.15) is 12.4 Å². The number of aromatic nitrogens is 1. The van der Waals surface area contributed by atoms with Crippen LogP contribution in [-0.2, 0) is 17.9 Å². The summed E-state index contributed by atoms with van der Waals surface area (Å²) >= 11 is 0. The van der Waals surface area contributed by atoms with Crippen molar-refractivity contribution in [2.45, 2.75) is 32.0 Å². The minimum absolute atomic E-state index is 0.207. The van der Waals surface area contributed by atoms with E-state index in [2.05, 4.69) is 33.4 Å². The van der Waals surface area contributed by atoms with Gasteiger partial charge < -0.3 is 9.47 Å². The average molecular weight is 418 g/mol. The van der Waals surface area contributed by atoms with Crippen LogP contribution in [0.2, 0.25) is 0 Å². The molecule has 1 saturated heterocycles. The monoisotopic (exact) mass is 417 g/mol. The summed E-state index contributed by atoms with van der Waals surface area (Å²) in [6, 6.07) is 19.9. The van der Waals surface area contributed by atoms with E-state index in [0.717, 1.165) is 30.8 Å². The quantitative estimate of drug-likeness (QED) is 0.574. The van der Waals surface area contributed by atoms with Crippen LogP contribution in [-0.4, -0.2) is 29.6 Å². The molecule has 160 valence electrons. The first-order valence-corrected chi connectivity index (χ1v) is 10.5. The molecular weight excluding hydrogens is 390 g/mol. The molecule has 0 bridgehead atoms. The standard InChI is InChI=1S/C25H27N3O3/c1-30-23-12-8-20(9-13-23)18-31-25(29)27-22-10-6-19(7-11-22)17-28-15-3-5-24(28)21-4-2-14-26-16-21/h2,4,6-14,16,24H,3,5,15,17-18H2,1H3,(H,27,29). The molecule has 31 heavy (non-hydrogen) atoms. The zero-order valence-corrected chi connectivity index (χ0v) is 17.7. The number of benzene rings is 2. The lowest BCUT2D eigenvalue weighted by Gasteiger charge is -2.24. The maximum absolute atomic E-state index is 12.1. The van der Waals surface area contributed by atoms with Gasteiger partial charge in [-0.3, -0.25) is 15.2 Å². The molecule has 1 unspecified atom stereocenters. The molecule has 1 aliphatic rings. The SMILES string of the molecule is COc1ccc(COC(=O)Nc2ccc(CN3CCCC3c3cccnc3)cc2)cc1. The molecule has 1 fully saturated rings. The summed E-state index contributed by atoms with van der Waals surface area (Å²) in [5.41, 5.74) is 4.11. The predicted octanol–water partition coefficient (Wildman–Crippen LogP) is 5.18. The van der Waals surface area contributed by atoms with Crippen LogP contribution in [0.5, 0.6) is 5.75 Å². The lowest BCUT2D eigenvalue weighted by Crippen LogP contribution is -2.22. The summed E-state index contributed by atoms with van der Waals surface area (Å²) in [6.07, 6.45) is 5.66. The molecule has 1 aliphatic heterocycles. The van der Waals surface area contributed by atoms with Crippen molar-refractivity contribution in [2.24, 2.45) is 0 Å². The Bertz CT molecular complexity index is 975. The van der Waals surface area contributed by atoms with E-state index in [0.29, 0.717) is 11.7 Å². The molecular formula is C25H27N3O3. The number of carbonyl (C=O) groups is 1. The van der Waals surface area contributed by atoms with Gasteiger partial charge in [0.15, 0.2) is 0 Å². The molecule has 0 radical (unpaired) electrons. The van der Waals surface area contributed by atoms with Gasteiger partial charge in [0.05, 0.1) is 7.11 Å². The molecule has 0 aliphatic carbocycles. The zero-order valence-electron chi connectivity index (χ0n) is 17.7. The molecule has 3 aromatic rings. The molecule has 1 N–H and O–H groups in total. The van der Waals surface area contributed by atoms with Crippen LogP contribution >= 0.6 is 0 Å². The molecule has 1 atom stereocenters. The first-order valence-electron chi connectivity index (χ1n) is 10.5. The van der Waals surface area contributed by atoms with Crippen LogP contribution < -0.4 is 10.1 Å². The first-order chi connectivity index (χ1) is 15.2. The predicted molar refractivity (Wildman–Crippen MR) is 120 cm³/mol. The van der Waals surface area contributed by atoms with Crippen LogP contribution in [0.1, 0.15) is 35.6 Å². The van der Waals surface area contributed by atoms with E-state index in [-0.39, 0.29) is 6.61 Å². The molecule has 1 aromatic heterocycles. The zero-order chi connectivity index (χ0) is 21.5. The molecule has 1 amide bonds. The Hall–Kier alpha value is -3.38. The topological polar surface area (TPSA) is 63.7 Å². The van der Waals surface area contributed by atoms with Crippen LogP contribution in [0, 0.1) is 0 Å². The van der Waals surface area contributed by atoms with Crippen LogP contribution in [0.3, 0.4) is 0 Å². The average Bonchev–Trinajstić information content (AvgIpc) is 3.28. The number of hydrogen-bond acceptors (Lipinski definition) is 5. The van der Waals surface area contributed by atoms with Crippen molar-refractivity contribution >= 4 is 11.8 Å². The minimum atomic E-state index is -0.472. The molecule has 2 aromatic carbocycles. The number of carbonyl (C=O) groups excluding carboxylic acids is 1. The highest BCUT2D eigenvalue weighted by atomic mass is 16.5. The van der Waals surface area contributed by atoms with Gasteiger partial charge in [-0.1, -0.05) is 30.3 Å². The van der Waals surface area contributed by atoms with Crippen molar-refractivity contribution in [2.75, 3.05) is 19.0 Å². The summed E-state index contributed by atoms with van der Waals surface area (Å²) in [5.74, 6) is 0.772. The molecule has 6 nitrogen and oxygen atoms in total. The summed E-state index contributed by atoms with van der Waals surface area (Å²) in [6.45, 7) is 2.16. The Morgan fingerprint density at radius 1 is 1.10 bits per heavy atom. The Morgan fingerprint density at radius 2 is 1.87 bits per heavy atom. The van der Waals surface area contributed by atoms with E-state index in [9.17, 15) is 4.79 Å². The van der Waals surface area contributed by atoms with Crippen LogP contribution in [0.4, 0.5) is 10.5 Å². The summed E-state index contributed by atoms with van der Waals surface area (Å²) in [7, 11) is 1.62. The van der Waals surface area contributed by atoms with Gasteiger partial charge in [0.25, 0.3) is 0 Å². The highest BCUT2D eigenvalue weighted by molar-refractivity contribution is 5.84. The van der Waals surface area contributed by atoms with Crippen molar-refractivity contribution in [1.29, 1.82) is 0 Å². The fourth-order valence-electron chi connectivity index (χ4n) is 3.92. The summed E-state index contributed by atoms with van der Waals surface area (Å²) in [4.78, 5) is 18.9. The van der Waals surface area contributed by atoms with E-state index >= 15 is 0 Å². The number of ether oxygens (including phenoxy) is 2. The normalized spacial score (nSPS) is 16.1. The second-order valence-corrected chi connectivity index (χ2v) is 7.66. The van der Waals surface area contributed by atoms with Gasteiger partial charge in [-0.05, 0) is 66.4 Å². The van der Waals surface area contributed by atoms with E-state index in [1.165, 1.54) is 17.5 Å². The van der Waals surface area contributed by atoms with E-state index < -0.39 is 6.09 Å². The molecule has 2 heterocycles. The number of amides is 1. The van der Waals surface area contributed by atoms with E-state index in [4.69, 9.17) is 9.47 Å². The smallest absolute Gasteiger partial charge is 0.411 e. The van der Waals surface area contributed by atoms with Gasteiger partial charge in [-0.15, -0.1) is 0 Å². The van der Waals surface area contributed by atoms with Crippen molar-refractivity contribution in [1.82, 2.24) is 9.88 Å². The van der Waals surface area contributed by atoms with Gasteiger partial charge in [0, 0.05) is 30.7 Å². The Morgan fingerprint density at radius 3 is 2.58 bits per heavy atom. The third kappa shape index (κ3) is 5.61. The molecule has 6 heteroatoms. The number of rotatable bonds is 7. The Balaban J connectivity index is 1.28. The van der Waals surface area contributed by atoms with E-state index in [1.54, 1.807) is 7.11 Å². The molecule has 0 spiro atoms. The van der Waals surface area contributed by atoms with Gasteiger partial charge in [0.2, 0.25) is 0 Å². The van der Waals surface area contributed by atoms with E-state index in [1.807, 2.05) is 54.9 Å². The Kier molecular flexibility index (Phi) is 6.79. The number of anilines is 1. The lowest BCUT2D eigenvalue weighted by atomic mass is 10.1. The third-order valence-electron chi connectivity index (χ3n) is 5.55. The molecule has 4 rings (SSSR count). The van der Waals surface area contributed by atoms with Crippen molar-refractivity contribution < 1.29 is 14.3 Å². The third-order valence-corrected chi connectivity index (χ3v) is 5.55. The number of likely N-dealkylation sites (tertiary alicyclic amines) is 1. The van der Waals surface area contributed by atoms with Crippen molar-refractivity contribution in [3.05, 3.63) is 89.7 Å². The Labute approximate surface area is 182 Å². The fraction of sp³-hybridized carbons (Fsp3) is 0.280. The molecule has 0 saturated carbocycles. The largest absolute Gasteiger partial charge is 0.497 e. The maximum Gasteiger partial charge on any atom is 0.411 e. The fourth-order valence-corrected chi connectivity index (χ4v) is 3.92. The number of hydrogen-bond donors (Lipinski definition) is 1.